The number of carbonyl (C=O) groups excluding carboxylic acids is 2. The van der Waals surface area contributed by atoms with Gasteiger partial charge in [-0.25, -0.2) is 0 Å². The van der Waals surface area contributed by atoms with Crippen molar-refractivity contribution in [2.75, 3.05) is 6.54 Å². The van der Waals surface area contributed by atoms with E-state index in [-0.39, 0.29) is 18.4 Å². The van der Waals surface area contributed by atoms with Crippen LogP contribution in [-0.4, -0.2) is 34.0 Å². The zero-order valence-electron chi connectivity index (χ0n) is 8.04. The zero-order valence-corrected chi connectivity index (χ0v) is 8.04. The summed E-state index contributed by atoms with van der Waals surface area (Å²) in [7, 11) is 0. The first-order valence-electron chi connectivity index (χ1n) is 4.52. The lowest BCUT2D eigenvalue weighted by molar-refractivity contribution is -0.142. The van der Waals surface area contributed by atoms with E-state index in [0.29, 0.717) is 19.3 Å². The van der Waals surface area contributed by atoms with Gasteiger partial charge in [-0.2, -0.15) is 0 Å². The summed E-state index contributed by atoms with van der Waals surface area (Å²) in [6.45, 7) is 3.58. The molecular formula is C9H15NO3. The van der Waals surface area contributed by atoms with Gasteiger partial charge in [0, 0.05) is 12.8 Å². The Morgan fingerprint density at radius 1 is 1.38 bits per heavy atom. The van der Waals surface area contributed by atoms with Crippen LogP contribution in [0.5, 0.6) is 0 Å². The molecule has 1 aliphatic heterocycles. The summed E-state index contributed by atoms with van der Waals surface area (Å²) in [5, 5.41) is 9.67. The predicted molar refractivity (Wildman–Crippen MR) is 46.9 cm³/mol. The Hall–Kier alpha value is -0.900. The molecule has 0 radical (unpaired) electrons. The van der Waals surface area contributed by atoms with Crippen LogP contribution in [0.15, 0.2) is 0 Å². The van der Waals surface area contributed by atoms with Gasteiger partial charge in [0.15, 0.2) is 0 Å². The molecule has 74 valence electrons. The third-order valence-corrected chi connectivity index (χ3v) is 2.42. The number of rotatable bonds is 3. The first-order valence-corrected chi connectivity index (χ1v) is 4.52. The Morgan fingerprint density at radius 2 is 1.85 bits per heavy atom. The quantitative estimate of drug-likeness (QED) is 0.643. The molecule has 1 aliphatic rings. The van der Waals surface area contributed by atoms with Crippen LogP contribution >= 0.6 is 0 Å². The van der Waals surface area contributed by atoms with Gasteiger partial charge < -0.3 is 5.11 Å². The van der Waals surface area contributed by atoms with E-state index in [1.54, 1.807) is 6.92 Å². The van der Waals surface area contributed by atoms with Crippen molar-refractivity contribution in [2.45, 2.75) is 38.7 Å². The van der Waals surface area contributed by atoms with Crippen LogP contribution in [0.1, 0.15) is 33.1 Å². The summed E-state index contributed by atoms with van der Waals surface area (Å²) in [5.74, 6) is -0.336. The van der Waals surface area contributed by atoms with Crippen LogP contribution in [0.3, 0.4) is 0 Å². The number of β-amino-alcohol motifs (C(OH)–C–C–N with tert-alkyl or cyclic N) is 1. The van der Waals surface area contributed by atoms with Gasteiger partial charge >= 0.3 is 0 Å². The molecule has 1 N–H and O–H groups in total. The fraction of sp³-hybridized carbons (Fsp3) is 0.778. The lowest BCUT2D eigenvalue weighted by Gasteiger charge is -2.26. The summed E-state index contributed by atoms with van der Waals surface area (Å²) in [5.41, 5.74) is -0.949. The van der Waals surface area contributed by atoms with Crippen LogP contribution in [0.2, 0.25) is 0 Å². The van der Waals surface area contributed by atoms with Crippen molar-refractivity contribution in [1.29, 1.82) is 0 Å². The van der Waals surface area contributed by atoms with Gasteiger partial charge in [-0.15, -0.1) is 0 Å². The lowest BCUT2D eigenvalue weighted by atomic mass is 10.0. The molecule has 2 amide bonds. The van der Waals surface area contributed by atoms with Crippen LogP contribution in [0.25, 0.3) is 0 Å². The Kier molecular flexibility index (Phi) is 2.71. The molecular weight excluding hydrogens is 170 g/mol. The predicted octanol–water partition coefficient (Wildman–Crippen LogP) is 0.296. The minimum atomic E-state index is -0.949. The van der Waals surface area contributed by atoms with E-state index in [2.05, 4.69) is 0 Å². The molecule has 0 aromatic rings. The molecule has 0 aliphatic carbocycles. The van der Waals surface area contributed by atoms with E-state index in [1.165, 1.54) is 0 Å². The second-order valence-electron chi connectivity index (χ2n) is 3.72. The summed E-state index contributed by atoms with van der Waals surface area (Å²) >= 11 is 0. The molecule has 0 saturated carbocycles. The average Bonchev–Trinajstić information content (AvgIpc) is 2.36. The number of carbonyl (C=O) groups is 2. The Labute approximate surface area is 77.5 Å². The highest BCUT2D eigenvalue weighted by atomic mass is 16.3. The first-order chi connectivity index (χ1) is 5.96. The standard InChI is InChI=1S/C9H15NO3/c1-3-9(2,13)6-10-7(11)4-5-8(10)12/h13H,3-6H2,1-2H3. The number of aliphatic hydroxyl groups is 1. The van der Waals surface area contributed by atoms with Crippen LogP contribution in [-0.2, 0) is 9.59 Å². The van der Waals surface area contributed by atoms with Crippen LogP contribution < -0.4 is 0 Å². The fourth-order valence-corrected chi connectivity index (χ4v) is 1.25. The third kappa shape index (κ3) is 2.28. The molecule has 1 rings (SSSR count). The molecule has 13 heavy (non-hydrogen) atoms. The monoisotopic (exact) mass is 185 g/mol. The van der Waals surface area contributed by atoms with Crippen molar-refractivity contribution in [3.05, 3.63) is 0 Å². The largest absolute Gasteiger partial charge is 0.388 e. The Bertz CT molecular complexity index is 219. The average molecular weight is 185 g/mol. The molecule has 0 aromatic carbocycles. The van der Waals surface area contributed by atoms with Crippen molar-refractivity contribution in [3.63, 3.8) is 0 Å². The van der Waals surface area contributed by atoms with E-state index >= 15 is 0 Å². The molecule has 0 aromatic heterocycles. The third-order valence-electron chi connectivity index (χ3n) is 2.42. The minimum Gasteiger partial charge on any atom is -0.388 e. The molecule has 0 spiro atoms. The van der Waals surface area contributed by atoms with Gasteiger partial charge in [-0.3, -0.25) is 14.5 Å². The lowest BCUT2D eigenvalue weighted by Crippen LogP contribution is -2.42. The van der Waals surface area contributed by atoms with Crippen molar-refractivity contribution in [1.82, 2.24) is 4.90 Å². The number of amides is 2. The van der Waals surface area contributed by atoms with Crippen LogP contribution in [0.4, 0.5) is 0 Å². The highest BCUT2D eigenvalue weighted by Crippen LogP contribution is 2.17. The molecule has 1 heterocycles. The van der Waals surface area contributed by atoms with Gasteiger partial charge in [-0.1, -0.05) is 6.92 Å². The van der Waals surface area contributed by atoms with Gasteiger partial charge in [0.25, 0.3) is 0 Å². The smallest absolute Gasteiger partial charge is 0.229 e. The molecule has 1 atom stereocenters. The maximum Gasteiger partial charge on any atom is 0.229 e. The van der Waals surface area contributed by atoms with Crippen molar-refractivity contribution in [2.24, 2.45) is 0 Å². The highest BCUT2D eigenvalue weighted by Gasteiger charge is 2.33. The number of imide groups is 1. The summed E-state index contributed by atoms with van der Waals surface area (Å²) in [6, 6.07) is 0. The van der Waals surface area contributed by atoms with Gasteiger partial charge in [0.2, 0.25) is 11.8 Å². The van der Waals surface area contributed by atoms with Gasteiger partial charge in [0.05, 0.1) is 12.1 Å². The SMILES string of the molecule is CCC(C)(O)CN1C(=O)CCC1=O. The van der Waals surface area contributed by atoms with E-state index in [9.17, 15) is 14.7 Å². The zero-order chi connectivity index (χ0) is 10.1. The molecule has 4 heteroatoms. The molecule has 1 saturated heterocycles. The maximum absolute atomic E-state index is 11.2. The Morgan fingerprint density at radius 3 is 2.23 bits per heavy atom. The molecule has 1 fully saturated rings. The number of nitrogens with zero attached hydrogens (tertiary/aromatic N) is 1. The maximum atomic E-state index is 11.2. The van der Waals surface area contributed by atoms with E-state index < -0.39 is 5.60 Å². The van der Waals surface area contributed by atoms with Gasteiger partial charge in [0.1, 0.15) is 0 Å². The summed E-state index contributed by atoms with van der Waals surface area (Å²) < 4.78 is 0. The second kappa shape index (κ2) is 3.46. The second-order valence-corrected chi connectivity index (χ2v) is 3.72. The van der Waals surface area contributed by atoms with Crippen molar-refractivity contribution < 1.29 is 14.7 Å². The minimum absolute atomic E-state index is 0.126. The number of hydrogen-bond acceptors (Lipinski definition) is 3. The normalized spacial score (nSPS) is 22.2. The van der Waals surface area contributed by atoms with Crippen LogP contribution in [0, 0.1) is 0 Å². The van der Waals surface area contributed by atoms with Gasteiger partial charge in [-0.05, 0) is 13.3 Å². The fourth-order valence-electron chi connectivity index (χ4n) is 1.25. The molecule has 0 bridgehead atoms. The summed E-state index contributed by atoms with van der Waals surface area (Å²) in [6.07, 6.45) is 1.11. The highest BCUT2D eigenvalue weighted by molar-refractivity contribution is 6.01. The summed E-state index contributed by atoms with van der Waals surface area (Å²) in [4.78, 5) is 23.5. The van der Waals surface area contributed by atoms with E-state index in [0.717, 1.165) is 4.90 Å². The number of likely N-dealkylation sites (tertiary alicyclic amines) is 1. The van der Waals surface area contributed by atoms with E-state index in [4.69, 9.17) is 0 Å². The number of hydrogen-bond donors (Lipinski definition) is 1. The first kappa shape index (κ1) is 10.2. The Balaban J connectivity index is 2.62. The van der Waals surface area contributed by atoms with Crippen molar-refractivity contribution in [3.8, 4) is 0 Å². The molecule has 1 unspecified atom stereocenters. The van der Waals surface area contributed by atoms with E-state index in [1.807, 2.05) is 6.92 Å². The topological polar surface area (TPSA) is 57.6 Å². The van der Waals surface area contributed by atoms with Crippen molar-refractivity contribution >= 4 is 11.8 Å². The molecule has 4 nitrogen and oxygen atoms in total.